The van der Waals surface area contributed by atoms with Crippen LogP contribution in [0.2, 0.25) is 19.1 Å². The van der Waals surface area contributed by atoms with Crippen LogP contribution in [0.1, 0.15) is 13.3 Å². The van der Waals surface area contributed by atoms with Gasteiger partial charge in [0.2, 0.25) is 8.32 Å². The van der Waals surface area contributed by atoms with E-state index in [1.54, 1.807) is 0 Å². The van der Waals surface area contributed by atoms with Gasteiger partial charge in [-0.25, -0.2) is 0 Å². The van der Waals surface area contributed by atoms with E-state index in [0.717, 1.165) is 20.0 Å². The minimum Gasteiger partial charge on any atom is -0.520 e. The fourth-order valence-corrected chi connectivity index (χ4v) is 3.46. The van der Waals surface area contributed by atoms with Crippen molar-refractivity contribution in [2.75, 3.05) is 0 Å². The number of rotatable bonds is 7. The van der Waals surface area contributed by atoms with Crippen LogP contribution in [0.3, 0.4) is 0 Å². The highest BCUT2D eigenvalue weighted by molar-refractivity contribution is 6.72. The van der Waals surface area contributed by atoms with Crippen LogP contribution in [0.25, 0.3) is 0 Å². The molecule has 0 atom stereocenters. The Morgan fingerprint density at radius 1 is 0.800 bits per heavy atom. The predicted molar refractivity (Wildman–Crippen MR) is 64.5 cm³/mol. The maximum absolute atomic E-state index is 13.4. The molecule has 0 aromatic carbocycles. The molecule has 0 aliphatic carbocycles. The third kappa shape index (κ3) is 4.56. The zero-order chi connectivity index (χ0) is 20.7. The Bertz CT molecular complexity index is 499. The third-order valence-electron chi connectivity index (χ3n) is 3.07. The number of carbonyl (C=O) groups is 1. The van der Waals surface area contributed by atoms with Gasteiger partial charge in [-0.3, -0.25) is 4.79 Å². The molecule has 0 rings (SSSR count). The van der Waals surface area contributed by atoms with Gasteiger partial charge < -0.3 is 4.43 Å². The van der Waals surface area contributed by atoms with Crippen molar-refractivity contribution in [3.63, 3.8) is 0 Å². The average Bonchev–Trinajstić information content (AvgIpc) is 2.33. The molecule has 25 heavy (non-hydrogen) atoms. The fourth-order valence-electron chi connectivity index (χ4n) is 1.66. The molecule has 0 N–H and O–H groups in total. The number of hydrogen-bond donors (Lipinski definition) is 0. The Hall–Kier alpha value is -1.08. The molecule has 0 saturated carbocycles. The van der Waals surface area contributed by atoms with Crippen molar-refractivity contribution in [1.82, 2.24) is 0 Å². The average molecular weight is 414 g/mol. The molecule has 0 unspecified atom stereocenters. The predicted octanol–water partition coefficient (Wildman–Crippen LogP) is 5.25. The molecule has 0 aromatic heterocycles. The van der Waals surface area contributed by atoms with Gasteiger partial charge in [-0.15, -0.1) is 0 Å². The summed E-state index contributed by atoms with van der Waals surface area (Å²) >= 11 is 0. The van der Waals surface area contributed by atoms with Crippen molar-refractivity contribution < 1.29 is 57.5 Å². The molecule has 0 fully saturated rings. The molecular weight excluding hydrogens is 401 g/mol. The van der Waals surface area contributed by atoms with Crippen LogP contribution in [0, 0.1) is 0 Å². The summed E-state index contributed by atoms with van der Waals surface area (Å²) in [5, 5.41) is 0. The molecular formula is C11H13F11O2Si. The Labute approximate surface area is 135 Å². The van der Waals surface area contributed by atoms with E-state index in [2.05, 4.69) is 4.43 Å². The smallest absolute Gasteiger partial charge is 0.460 e. The molecule has 0 saturated heterocycles. The Morgan fingerprint density at radius 3 is 1.52 bits per heavy atom. The Kier molecular flexibility index (Phi) is 6.29. The summed E-state index contributed by atoms with van der Waals surface area (Å²) in [6.45, 7) is 2.97. The number of halogens is 11. The van der Waals surface area contributed by atoms with Gasteiger partial charge in [0.05, 0.1) is 0 Å². The van der Waals surface area contributed by atoms with Gasteiger partial charge in [-0.1, -0.05) is 0 Å². The summed E-state index contributed by atoms with van der Waals surface area (Å²) in [5.74, 6) is -28.7. The zero-order valence-corrected chi connectivity index (χ0v) is 13.9. The quantitative estimate of drug-likeness (QED) is 0.420. The van der Waals surface area contributed by atoms with Gasteiger partial charge in [0, 0.05) is 13.3 Å². The van der Waals surface area contributed by atoms with E-state index in [1.165, 1.54) is 0 Å². The molecule has 2 nitrogen and oxygen atoms in total. The summed E-state index contributed by atoms with van der Waals surface area (Å²) in [7, 11) is -3.41. The van der Waals surface area contributed by atoms with Gasteiger partial charge in [-0.05, 0) is 19.1 Å². The minimum atomic E-state index is -7.41. The van der Waals surface area contributed by atoms with Gasteiger partial charge in [-0.2, -0.15) is 48.3 Å². The molecule has 150 valence electrons. The molecule has 14 heteroatoms. The number of hydrogen-bond acceptors (Lipinski definition) is 2. The van der Waals surface area contributed by atoms with Crippen molar-refractivity contribution in [1.29, 1.82) is 0 Å². The molecule has 0 aliphatic rings. The van der Waals surface area contributed by atoms with E-state index >= 15 is 0 Å². The highest BCUT2D eigenvalue weighted by Crippen LogP contribution is 2.58. The lowest BCUT2D eigenvalue weighted by atomic mass is 9.96. The maximum Gasteiger partial charge on any atom is 0.460 e. The first-order valence-corrected chi connectivity index (χ1v) is 9.51. The minimum absolute atomic E-state index is 0.847. The monoisotopic (exact) mass is 414 g/mol. The van der Waals surface area contributed by atoms with Crippen molar-refractivity contribution in [2.45, 2.75) is 62.3 Å². The van der Waals surface area contributed by atoms with Crippen molar-refractivity contribution in [3.05, 3.63) is 0 Å². The van der Waals surface area contributed by atoms with Crippen LogP contribution in [0.4, 0.5) is 48.3 Å². The standard InChI is InChI=1S/C11H13F11O2Si/c1-6(23)24-25(2,3)5-4-7(12,13)8(14,15)9(16,17)10(18,19)11(20,21)22/h4-5H2,1-3H3. The molecule has 0 bridgehead atoms. The highest BCUT2D eigenvalue weighted by atomic mass is 28.4. The second-order valence-corrected chi connectivity index (χ2v) is 10.0. The van der Waals surface area contributed by atoms with Gasteiger partial charge in [0.1, 0.15) is 0 Å². The molecule has 0 radical (unpaired) electrons. The first-order chi connectivity index (χ1) is 10.6. The van der Waals surface area contributed by atoms with Crippen LogP contribution in [-0.2, 0) is 9.22 Å². The van der Waals surface area contributed by atoms with E-state index in [9.17, 15) is 53.1 Å². The van der Waals surface area contributed by atoms with Gasteiger partial charge >= 0.3 is 29.9 Å². The topological polar surface area (TPSA) is 26.3 Å². The van der Waals surface area contributed by atoms with E-state index in [-0.39, 0.29) is 0 Å². The normalized spacial score (nSPS) is 15.3. The van der Waals surface area contributed by atoms with Crippen molar-refractivity contribution in [2.24, 2.45) is 0 Å². The van der Waals surface area contributed by atoms with Crippen LogP contribution in [0.15, 0.2) is 0 Å². The van der Waals surface area contributed by atoms with Gasteiger partial charge in [0.25, 0.3) is 5.97 Å². The Balaban J connectivity index is 5.63. The molecule has 0 heterocycles. The van der Waals surface area contributed by atoms with E-state index in [1.807, 2.05) is 0 Å². The van der Waals surface area contributed by atoms with Crippen LogP contribution in [0.5, 0.6) is 0 Å². The second-order valence-electron chi connectivity index (χ2n) is 5.78. The first kappa shape index (κ1) is 23.9. The van der Waals surface area contributed by atoms with Crippen molar-refractivity contribution >= 4 is 14.3 Å². The number of carbonyl (C=O) groups excluding carboxylic acids is 1. The lowest BCUT2D eigenvalue weighted by Crippen LogP contribution is -2.66. The SMILES string of the molecule is CC(=O)O[Si](C)(C)CCC(F)(F)C(F)(F)C(F)(F)C(F)(F)C(F)(F)F. The van der Waals surface area contributed by atoms with Crippen LogP contribution >= 0.6 is 0 Å². The highest BCUT2D eigenvalue weighted by Gasteiger charge is 2.86. The first-order valence-electron chi connectivity index (χ1n) is 6.40. The lowest BCUT2D eigenvalue weighted by molar-refractivity contribution is -0.422. The summed E-state index contributed by atoms with van der Waals surface area (Å²) in [6, 6.07) is -1.08. The molecule has 0 aliphatic heterocycles. The van der Waals surface area contributed by atoms with Crippen LogP contribution in [-0.4, -0.2) is 44.2 Å². The lowest BCUT2D eigenvalue weighted by Gasteiger charge is -2.37. The van der Waals surface area contributed by atoms with Gasteiger partial charge in [0.15, 0.2) is 0 Å². The maximum atomic E-state index is 13.4. The zero-order valence-electron chi connectivity index (χ0n) is 12.9. The Morgan fingerprint density at radius 2 is 1.20 bits per heavy atom. The van der Waals surface area contributed by atoms with Crippen LogP contribution < -0.4 is 0 Å². The van der Waals surface area contributed by atoms with E-state index in [4.69, 9.17) is 0 Å². The summed E-state index contributed by atoms with van der Waals surface area (Å²) in [5.41, 5.74) is 0. The third-order valence-corrected chi connectivity index (χ3v) is 5.36. The number of alkyl halides is 11. The molecule has 0 spiro atoms. The largest absolute Gasteiger partial charge is 0.520 e. The van der Waals surface area contributed by atoms with Crippen molar-refractivity contribution in [3.8, 4) is 0 Å². The summed E-state index contributed by atoms with van der Waals surface area (Å²) in [6.07, 6.45) is -9.36. The second kappa shape index (κ2) is 6.58. The van der Waals surface area contributed by atoms with E-state index in [0.29, 0.717) is 0 Å². The fraction of sp³-hybridized carbons (Fsp3) is 0.909. The molecule has 0 amide bonds. The van der Waals surface area contributed by atoms with E-state index < -0.39 is 56.6 Å². The summed E-state index contributed by atoms with van der Waals surface area (Å²) < 4.78 is 145. The summed E-state index contributed by atoms with van der Waals surface area (Å²) in [4.78, 5) is 10.7. The molecule has 0 aromatic rings.